The normalized spacial score (nSPS) is 21.6. The van der Waals surface area contributed by atoms with Gasteiger partial charge in [0.25, 0.3) is 0 Å². The van der Waals surface area contributed by atoms with Crippen molar-refractivity contribution in [2.45, 2.75) is 18.5 Å². The average molecular weight is 449 g/mol. The first-order valence-corrected chi connectivity index (χ1v) is 11.6. The molecule has 5 heterocycles. The first kappa shape index (κ1) is 21.1. The maximum absolute atomic E-state index is 5.83. The molecule has 166 valence electrons. The fourth-order valence-electron chi connectivity index (χ4n) is 4.62. The van der Waals surface area contributed by atoms with Gasteiger partial charge in [-0.05, 0) is 55.0 Å². The maximum Gasteiger partial charge on any atom is 0.170 e. The highest BCUT2D eigenvalue weighted by atomic mass is 32.1. The van der Waals surface area contributed by atoms with Gasteiger partial charge in [-0.2, -0.15) is 0 Å². The number of pyridine rings is 2. The standard InChI is InChI=1S/C24H28N6OS/c32-24-27-22(20-7-1-2-10-26-20)23(30(24)13-5-11-28-14-16-31-17-15-28)21-8-4-12-29(21)19-6-3-9-25-18-19/h1-4,6-10,12,18,22-23H,5,11,13-17H2,(H,27,32). The van der Waals surface area contributed by atoms with Crippen LogP contribution in [0.3, 0.4) is 0 Å². The monoisotopic (exact) mass is 448 g/mol. The summed E-state index contributed by atoms with van der Waals surface area (Å²) in [6.45, 7) is 5.60. The van der Waals surface area contributed by atoms with Crippen molar-refractivity contribution >= 4 is 17.3 Å². The first-order valence-electron chi connectivity index (χ1n) is 11.2. The largest absolute Gasteiger partial charge is 0.379 e. The van der Waals surface area contributed by atoms with E-state index in [4.69, 9.17) is 17.0 Å². The van der Waals surface area contributed by atoms with Gasteiger partial charge in [-0.1, -0.05) is 6.07 Å². The van der Waals surface area contributed by atoms with Crippen molar-refractivity contribution in [1.29, 1.82) is 0 Å². The summed E-state index contributed by atoms with van der Waals surface area (Å²) in [6.07, 6.45) is 8.67. The molecule has 5 rings (SSSR count). The SMILES string of the molecule is S=C1NC(c2ccccn2)C(c2cccn2-c2cccnc2)N1CCCN1CCOCC1. The summed E-state index contributed by atoms with van der Waals surface area (Å²) in [5.41, 5.74) is 3.21. The molecule has 0 aliphatic carbocycles. The topological polar surface area (TPSA) is 58.5 Å². The van der Waals surface area contributed by atoms with Crippen molar-refractivity contribution in [1.82, 2.24) is 29.7 Å². The van der Waals surface area contributed by atoms with Gasteiger partial charge < -0.3 is 19.5 Å². The van der Waals surface area contributed by atoms with E-state index in [9.17, 15) is 0 Å². The van der Waals surface area contributed by atoms with E-state index in [0.717, 1.165) is 62.3 Å². The lowest BCUT2D eigenvalue weighted by atomic mass is 10.0. The van der Waals surface area contributed by atoms with Crippen molar-refractivity contribution in [2.24, 2.45) is 0 Å². The minimum absolute atomic E-state index is 0.0163. The molecule has 2 saturated heterocycles. The number of hydrogen-bond donors (Lipinski definition) is 1. The predicted molar refractivity (Wildman–Crippen MR) is 128 cm³/mol. The lowest BCUT2D eigenvalue weighted by Gasteiger charge is -2.31. The van der Waals surface area contributed by atoms with Crippen LogP contribution in [0.15, 0.2) is 67.3 Å². The second kappa shape index (κ2) is 9.77. The van der Waals surface area contributed by atoms with Gasteiger partial charge in [-0.15, -0.1) is 0 Å². The van der Waals surface area contributed by atoms with Gasteiger partial charge in [-0.25, -0.2) is 0 Å². The molecule has 32 heavy (non-hydrogen) atoms. The zero-order valence-corrected chi connectivity index (χ0v) is 18.8. The quantitative estimate of drug-likeness (QED) is 0.558. The van der Waals surface area contributed by atoms with E-state index in [0.29, 0.717) is 0 Å². The number of nitrogens with zero attached hydrogens (tertiary/aromatic N) is 5. The Morgan fingerprint density at radius 2 is 1.94 bits per heavy atom. The highest BCUT2D eigenvalue weighted by Crippen LogP contribution is 2.39. The molecule has 0 amide bonds. The summed E-state index contributed by atoms with van der Waals surface area (Å²) in [6, 6.07) is 14.4. The van der Waals surface area contributed by atoms with Crippen LogP contribution in [-0.4, -0.2) is 68.8 Å². The number of ether oxygens (including phenoxy) is 1. The van der Waals surface area contributed by atoms with Crippen molar-refractivity contribution in [3.8, 4) is 5.69 Å². The van der Waals surface area contributed by atoms with Crippen molar-refractivity contribution < 1.29 is 4.74 Å². The Hall–Kier alpha value is -2.81. The molecule has 2 aliphatic heterocycles. The van der Waals surface area contributed by atoms with Gasteiger partial charge in [-0.3, -0.25) is 14.9 Å². The molecule has 0 saturated carbocycles. The Kier molecular flexibility index (Phi) is 6.43. The van der Waals surface area contributed by atoms with Crippen LogP contribution >= 0.6 is 12.2 Å². The molecule has 2 aliphatic rings. The average Bonchev–Trinajstić information content (AvgIpc) is 3.45. The number of nitrogens with one attached hydrogen (secondary N) is 1. The molecule has 8 heteroatoms. The van der Waals surface area contributed by atoms with Gasteiger partial charge in [0.05, 0.1) is 42.9 Å². The molecule has 0 radical (unpaired) electrons. The van der Waals surface area contributed by atoms with E-state index in [1.807, 2.05) is 30.6 Å². The van der Waals surface area contributed by atoms with Crippen LogP contribution in [0.4, 0.5) is 0 Å². The molecule has 0 spiro atoms. The third-order valence-corrected chi connectivity index (χ3v) is 6.53. The maximum atomic E-state index is 5.83. The number of rotatable bonds is 7. The number of aromatic nitrogens is 3. The molecular weight excluding hydrogens is 420 g/mol. The molecule has 0 bridgehead atoms. The van der Waals surface area contributed by atoms with Crippen LogP contribution in [0.1, 0.15) is 29.9 Å². The fraction of sp³-hybridized carbons (Fsp3) is 0.375. The number of hydrogen-bond acceptors (Lipinski definition) is 5. The third-order valence-electron chi connectivity index (χ3n) is 6.18. The summed E-state index contributed by atoms with van der Waals surface area (Å²) < 4.78 is 7.69. The van der Waals surface area contributed by atoms with Gasteiger partial charge in [0, 0.05) is 50.5 Å². The summed E-state index contributed by atoms with van der Waals surface area (Å²) in [7, 11) is 0. The van der Waals surface area contributed by atoms with Crippen molar-refractivity contribution in [3.05, 3.63) is 78.6 Å². The van der Waals surface area contributed by atoms with Crippen LogP contribution in [0.25, 0.3) is 5.69 Å². The Bertz CT molecular complexity index is 1020. The zero-order valence-electron chi connectivity index (χ0n) is 18.0. The van der Waals surface area contributed by atoms with Crippen LogP contribution in [0.5, 0.6) is 0 Å². The third kappa shape index (κ3) is 4.39. The molecular formula is C24H28N6OS. The van der Waals surface area contributed by atoms with E-state index < -0.39 is 0 Å². The van der Waals surface area contributed by atoms with E-state index in [2.05, 4.69) is 60.1 Å². The van der Waals surface area contributed by atoms with Gasteiger partial charge in [0.2, 0.25) is 0 Å². The minimum Gasteiger partial charge on any atom is -0.379 e. The van der Waals surface area contributed by atoms with Gasteiger partial charge >= 0.3 is 0 Å². The van der Waals surface area contributed by atoms with E-state index in [-0.39, 0.29) is 12.1 Å². The van der Waals surface area contributed by atoms with Crippen LogP contribution < -0.4 is 5.32 Å². The van der Waals surface area contributed by atoms with E-state index in [1.54, 1.807) is 6.20 Å². The molecule has 2 atom stereocenters. The molecule has 0 aromatic carbocycles. The summed E-state index contributed by atoms with van der Waals surface area (Å²) in [5.74, 6) is 0. The predicted octanol–water partition coefficient (Wildman–Crippen LogP) is 2.96. The first-order chi connectivity index (χ1) is 15.8. The second-order valence-corrected chi connectivity index (χ2v) is 8.53. The molecule has 3 aromatic rings. The van der Waals surface area contributed by atoms with E-state index >= 15 is 0 Å². The summed E-state index contributed by atoms with van der Waals surface area (Å²) in [4.78, 5) is 13.8. The Balaban J connectivity index is 1.43. The molecule has 3 aromatic heterocycles. The Labute approximate surface area is 194 Å². The fourth-order valence-corrected chi connectivity index (χ4v) is 4.96. The number of thiocarbonyl (C=S) groups is 1. The lowest BCUT2D eigenvalue weighted by Crippen LogP contribution is -2.39. The van der Waals surface area contributed by atoms with Crippen LogP contribution in [-0.2, 0) is 4.74 Å². The number of morpholine rings is 1. The van der Waals surface area contributed by atoms with Gasteiger partial charge in [0.15, 0.2) is 5.11 Å². The van der Waals surface area contributed by atoms with Crippen LogP contribution in [0, 0.1) is 0 Å². The summed E-state index contributed by atoms with van der Waals surface area (Å²) >= 11 is 5.83. The summed E-state index contributed by atoms with van der Waals surface area (Å²) in [5, 5.41) is 4.34. The highest BCUT2D eigenvalue weighted by molar-refractivity contribution is 7.80. The molecule has 7 nitrogen and oxygen atoms in total. The van der Waals surface area contributed by atoms with E-state index in [1.165, 1.54) is 5.69 Å². The molecule has 2 unspecified atom stereocenters. The van der Waals surface area contributed by atoms with Gasteiger partial charge in [0.1, 0.15) is 0 Å². The molecule has 2 fully saturated rings. The highest BCUT2D eigenvalue weighted by Gasteiger charge is 2.41. The minimum atomic E-state index is -0.0163. The lowest BCUT2D eigenvalue weighted by molar-refractivity contribution is 0.0365. The van der Waals surface area contributed by atoms with Crippen molar-refractivity contribution in [2.75, 3.05) is 39.4 Å². The Morgan fingerprint density at radius 1 is 1.03 bits per heavy atom. The van der Waals surface area contributed by atoms with Crippen LogP contribution in [0.2, 0.25) is 0 Å². The van der Waals surface area contributed by atoms with Crippen molar-refractivity contribution in [3.63, 3.8) is 0 Å². The Morgan fingerprint density at radius 3 is 2.72 bits per heavy atom. The molecule has 1 N–H and O–H groups in total. The zero-order chi connectivity index (χ0) is 21.8. The smallest absolute Gasteiger partial charge is 0.170 e. The second-order valence-electron chi connectivity index (χ2n) is 8.14.